The fourth-order valence-electron chi connectivity index (χ4n) is 3.61. The SMILES string of the molecule is [Cl-].[Cl-].[Zr+2].[c-]1cccc2c1Cc1ccccc1-2.c1cc[cH-]c1.c1ccc([CH-]c2ccccc2)cc1. The molecule has 0 radical (unpaired) electrons. The molecule has 0 N–H and O–H groups in total. The third-order valence-corrected chi connectivity index (χ3v) is 5.10. The van der Waals surface area contributed by atoms with Gasteiger partial charge in [-0.2, -0.15) is 48.0 Å². The molecule has 0 bridgehead atoms. The predicted octanol–water partition coefficient (Wildman–Crippen LogP) is 1.76. The molecule has 0 aliphatic heterocycles. The van der Waals surface area contributed by atoms with Gasteiger partial charge in [0.2, 0.25) is 0 Å². The van der Waals surface area contributed by atoms with Crippen LogP contribution in [-0.4, -0.2) is 0 Å². The van der Waals surface area contributed by atoms with Gasteiger partial charge in [-0.3, -0.25) is 0 Å². The van der Waals surface area contributed by atoms with Crippen LogP contribution < -0.4 is 24.8 Å². The molecule has 6 rings (SSSR count). The Morgan fingerprint density at radius 2 is 1.12 bits per heavy atom. The molecule has 1 aliphatic rings. The first-order chi connectivity index (χ1) is 15.4. The maximum absolute atomic E-state index is 3.30. The number of benzene rings is 4. The van der Waals surface area contributed by atoms with E-state index in [0.717, 1.165) is 6.42 Å². The fraction of sp³-hybridized carbons (Fsp3) is 0.0323. The van der Waals surface area contributed by atoms with E-state index in [4.69, 9.17) is 0 Å². The average molecular weight is 560 g/mol. The molecule has 0 fully saturated rings. The van der Waals surface area contributed by atoms with Gasteiger partial charge in [0.05, 0.1) is 0 Å². The van der Waals surface area contributed by atoms with Gasteiger partial charge in [-0.1, -0.05) is 71.8 Å². The Morgan fingerprint density at radius 1 is 0.588 bits per heavy atom. The quantitative estimate of drug-likeness (QED) is 0.284. The second-order valence-electron chi connectivity index (χ2n) is 7.32. The summed E-state index contributed by atoms with van der Waals surface area (Å²) in [5, 5.41) is 0. The molecule has 170 valence electrons. The van der Waals surface area contributed by atoms with Crippen molar-refractivity contribution in [1.29, 1.82) is 0 Å². The first kappa shape index (κ1) is 29.6. The van der Waals surface area contributed by atoms with Crippen molar-refractivity contribution < 1.29 is 51.0 Å². The van der Waals surface area contributed by atoms with Crippen LogP contribution in [0.15, 0.2) is 133 Å². The van der Waals surface area contributed by atoms with Crippen molar-refractivity contribution >= 4 is 0 Å². The van der Waals surface area contributed by atoms with E-state index < -0.39 is 0 Å². The van der Waals surface area contributed by atoms with Crippen LogP contribution in [-0.2, 0) is 32.6 Å². The summed E-state index contributed by atoms with van der Waals surface area (Å²) in [4.78, 5) is 0. The van der Waals surface area contributed by atoms with Gasteiger partial charge in [0, 0.05) is 0 Å². The van der Waals surface area contributed by atoms with Gasteiger partial charge in [-0.15, -0.1) is 47.4 Å². The van der Waals surface area contributed by atoms with Crippen LogP contribution in [0.25, 0.3) is 11.1 Å². The normalized spacial score (nSPS) is 9.53. The van der Waals surface area contributed by atoms with Crippen LogP contribution in [0.5, 0.6) is 0 Å². The fourth-order valence-corrected chi connectivity index (χ4v) is 3.61. The number of rotatable bonds is 2. The Hall–Kier alpha value is -2.44. The van der Waals surface area contributed by atoms with Crippen molar-refractivity contribution in [1.82, 2.24) is 0 Å². The molecule has 0 nitrogen and oxygen atoms in total. The first-order valence-corrected chi connectivity index (χ1v) is 10.6. The summed E-state index contributed by atoms with van der Waals surface area (Å²) in [6.07, 6.45) is 3.21. The van der Waals surface area contributed by atoms with E-state index in [-0.39, 0.29) is 51.0 Å². The van der Waals surface area contributed by atoms with Gasteiger partial charge in [0.25, 0.3) is 0 Å². The third kappa shape index (κ3) is 8.73. The topological polar surface area (TPSA) is 0 Å². The van der Waals surface area contributed by atoms with Crippen LogP contribution in [0.4, 0.5) is 0 Å². The molecule has 1 aliphatic carbocycles. The molecule has 0 unspecified atom stereocenters. The van der Waals surface area contributed by atoms with Gasteiger partial charge in [-0.25, -0.2) is 12.1 Å². The molecular formula is C31H25Cl2Zr-3. The molecular weight excluding hydrogens is 534 g/mol. The van der Waals surface area contributed by atoms with Crippen molar-refractivity contribution in [2.75, 3.05) is 0 Å². The number of hydrogen-bond donors (Lipinski definition) is 0. The maximum Gasteiger partial charge on any atom is 2.00 e. The van der Waals surface area contributed by atoms with Gasteiger partial charge >= 0.3 is 26.2 Å². The van der Waals surface area contributed by atoms with Gasteiger partial charge in [0.1, 0.15) is 0 Å². The smallest absolute Gasteiger partial charge is 1.00 e. The van der Waals surface area contributed by atoms with Crippen molar-refractivity contribution in [2.45, 2.75) is 6.42 Å². The zero-order valence-electron chi connectivity index (χ0n) is 18.7. The van der Waals surface area contributed by atoms with Crippen LogP contribution in [0.3, 0.4) is 0 Å². The Kier molecular flexibility index (Phi) is 14.1. The van der Waals surface area contributed by atoms with E-state index in [1.54, 1.807) is 0 Å². The Balaban J connectivity index is 0.000000264. The molecule has 0 amide bonds. The molecule has 5 aromatic rings. The molecule has 3 heteroatoms. The van der Waals surface area contributed by atoms with E-state index in [9.17, 15) is 0 Å². The second-order valence-corrected chi connectivity index (χ2v) is 7.32. The number of hydrogen-bond acceptors (Lipinski definition) is 0. The zero-order chi connectivity index (χ0) is 21.1. The summed E-state index contributed by atoms with van der Waals surface area (Å²) < 4.78 is 0. The van der Waals surface area contributed by atoms with E-state index in [1.165, 1.54) is 33.4 Å². The van der Waals surface area contributed by atoms with Crippen LogP contribution in [0.2, 0.25) is 0 Å². The minimum atomic E-state index is 0. The Labute approximate surface area is 235 Å². The second kappa shape index (κ2) is 16.2. The molecule has 5 aromatic carbocycles. The summed E-state index contributed by atoms with van der Waals surface area (Å²) in [5.74, 6) is 0. The Bertz CT molecular complexity index is 1070. The minimum absolute atomic E-state index is 0. The standard InChI is InChI=1S/C13H9.C13H11.C5H5.2ClH.Zr/c1-3-7-12-10(5-1)9-11-6-2-4-8-13(11)12;1-3-7-12(8-4-1)11-13-9-5-2-6-10-13;1-2-4-5-3-1;;;/h1-5,7-8H,9H2;1-11H;1-5H;2*1H;/q3*-1;;;+2/p-2. The average Bonchev–Trinajstić information content (AvgIpc) is 3.53. The van der Waals surface area contributed by atoms with E-state index in [2.05, 4.69) is 97.4 Å². The van der Waals surface area contributed by atoms with Crippen molar-refractivity contribution in [2.24, 2.45) is 0 Å². The molecule has 0 saturated carbocycles. The summed E-state index contributed by atoms with van der Waals surface area (Å²) in [5.41, 5.74) is 8.00. The monoisotopic (exact) mass is 557 g/mol. The van der Waals surface area contributed by atoms with Gasteiger partial charge in [0.15, 0.2) is 0 Å². The number of halogens is 2. The van der Waals surface area contributed by atoms with Crippen molar-refractivity contribution in [3.8, 4) is 11.1 Å². The van der Waals surface area contributed by atoms with E-state index in [1.807, 2.05) is 48.5 Å². The van der Waals surface area contributed by atoms with Crippen LogP contribution in [0, 0.1) is 12.5 Å². The summed E-state index contributed by atoms with van der Waals surface area (Å²) in [7, 11) is 0. The van der Waals surface area contributed by atoms with Crippen molar-refractivity contribution in [3.05, 3.63) is 168 Å². The molecule has 0 aromatic heterocycles. The van der Waals surface area contributed by atoms with E-state index in [0.29, 0.717) is 0 Å². The van der Waals surface area contributed by atoms with Gasteiger partial charge < -0.3 is 24.8 Å². The summed E-state index contributed by atoms with van der Waals surface area (Å²) >= 11 is 0. The molecule has 0 heterocycles. The van der Waals surface area contributed by atoms with Crippen LogP contribution >= 0.6 is 0 Å². The first-order valence-electron chi connectivity index (χ1n) is 10.6. The van der Waals surface area contributed by atoms with E-state index >= 15 is 0 Å². The third-order valence-electron chi connectivity index (χ3n) is 5.10. The maximum atomic E-state index is 3.30. The zero-order valence-corrected chi connectivity index (χ0v) is 22.7. The van der Waals surface area contributed by atoms with Crippen LogP contribution in [0.1, 0.15) is 22.3 Å². The molecule has 0 atom stereocenters. The molecule has 0 spiro atoms. The predicted molar refractivity (Wildman–Crippen MR) is 131 cm³/mol. The molecule has 0 saturated heterocycles. The minimum Gasteiger partial charge on any atom is -1.00 e. The van der Waals surface area contributed by atoms with Gasteiger partial charge in [-0.05, 0) is 6.42 Å². The summed E-state index contributed by atoms with van der Waals surface area (Å²) in [6.45, 7) is 0. The van der Waals surface area contributed by atoms with Crippen molar-refractivity contribution in [3.63, 3.8) is 0 Å². The largest absolute Gasteiger partial charge is 2.00 e. The Morgan fingerprint density at radius 3 is 1.68 bits per heavy atom. The number of fused-ring (bicyclic) bond motifs is 3. The summed E-state index contributed by atoms with van der Waals surface area (Å²) in [6, 6.07) is 48.8. The molecule has 34 heavy (non-hydrogen) atoms.